The zero-order valence-electron chi connectivity index (χ0n) is 12.3. The van der Waals surface area contributed by atoms with Crippen molar-refractivity contribution >= 4 is 34.2 Å². The first-order chi connectivity index (χ1) is 10.6. The van der Waals surface area contributed by atoms with Crippen LogP contribution in [0.5, 0.6) is 5.75 Å². The van der Waals surface area contributed by atoms with Crippen LogP contribution in [-0.2, 0) is 0 Å². The molecular weight excluding hydrogens is 319 g/mol. The topological polar surface area (TPSA) is 20.5 Å². The van der Waals surface area contributed by atoms with Crippen molar-refractivity contribution in [2.75, 3.05) is 6.61 Å². The van der Waals surface area contributed by atoms with E-state index in [1.54, 1.807) is 12.1 Å². The summed E-state index contributed by atoms with van der Waals surface area (Å²) in [5.74, 6) is 1.42. The fourth-order valence-electron chi connectivity index (χ4n) is 2.32. The Morgan fingerprint density at radius 3 is 2.45 bits per heavy atom. The van der Waals surface area contributed by atoms with E-state index in [0.717, 1.165) is 10.9 Å². The molecule has 0 aliphatic heterocycles. The molecule has 0 aliphatic carbocycles. The monoisotopic (exact) mass is 333 g/mol. The van der Waals surface area contributed by atoms with Crippen molar-refractivity contribution in [1.82, 2.24) is 0 Å². The van der Waals surface area contributed by atoms with E-state index < -0.39 is 0 Å². The minimum Gasteiger partial charge on any atom is -0.493 e. The van der Waals surface area contributed by atoms with E-state index in [1.807, 2.05) is 44.2 Å². The Hall–Kier alpha value is -1.77. The van der Waals surface area contributed by atoms with Gasteiger partial charge in [-0.15, -0.1) is 0 Å². The lowest BCUT2D eigenvalue weighted by molar-refractivity contribution is 0.342. The van der Waals surface area contributed by atoms with Crippen molar-refractivity contribution in [3.8, 4) is 17.1 Å². The predicted molar refractivity (Wildman–Crippen MR) is 92.0 cm³/mol. The van der Waals surface area contributed by atoms with Gasteiger partial charge in [-0.25, -0.2) is 4.42 Å². The third-order valence-corrected chi connectivity index (χ3v) is 3.88. The van der Waals surface area contributed by atoms with Crippen molar-refractivity contribution in [1.29, 1.82) is 0 Å². The Morgan fingerprint density at radius 2 is 1.77 bits per heavy atom. The summed E-state index contributed by atoms with van der Waals surface area (Å²) in [5, 5.41) is 1.80. The lowest BCUT2D eigenvalue weighted by Crippen LogP contribution is -1.94. The maximum absolute atomic E-state index is 6.29. The van der Waals surface area contributed by atoms with Gasteiger partial charge < -0.3 is 4.74 Å². The third-order valence-electron chi connectivity index (χ3n) is 3.38. The number of ether oxygens (including phenoxy) is 1. The Kier molecular flexibility index (Phi) is 4.23. The normalized spacial score (nSPS) is 10.9. The van der Waals surface area contributed by atoms with E-state index in [2.05, 4.69) is 0 Å². The number of aryl methyl sites for hydroxylation is 1. The van der Waals surface area contributed by atoms with Gasteiger partial charge in [-0.1, -0.05) is 40.9 Å². The molecule has 1 heterocycles. The van der Waals surface area contributed by atoms with Crippen LogP contribution < -0.4 is 4.74 Å². The summed E-state index contributed by atoms with van der Waals surface area (Å²) < 4.78 is 11.7. The lowest BCUT2D eigenvalue weighted by Gasteiger charge is -2.05. The average Bonchev–Trinajstić information content (AvgIpc) is 2.49. The van der Waals surface area contributed by atoms with E-state index in [9.17, 15) is 0 Å². The van der Waals surface area contributed by atoms with E-state index in [4.69, 9.17) is 32.4 Å². The molecule has 0 spiro atoms. The predicted octanol–water partition coefficient (Wildman–Crippen LogP) is 6.39. The lowest BCUT2D eigenvalue weighted by atomic mass is 10.1. The van der Waals surface area contributed by atoms with Crippen LogP contribution in [0.3, 0.4) is 0 Å². The first-order valence-corrected chi connectivity index (χ1v) is 7.80. The van der Waals surface area contributed by atoms with Gasteiger partial charge in [0.05, 0.1) is 18.2 Å². The molecule has 112 valence electrons. The maximum Gasteiger partial charge on any atom is 0.383 e. The van der Waals surface area contributed by atoms with Gasteiger partial charge in [-0.3, -0.25) is 0 Å². The number of fused-ring (bicyclic) bond motifs is 1. The number of rotatable bonds is 3. The fraction of sp³-hybridized carbons (Fsp3) is 0.167. The Balaban J connectivity index is 2.26. The van der Waals surface area contributed by atoms with Crippen LogP contribution in [0.15, 0.2) is 46.9 Å². The molecule has 0 atom stereocenters. The number of halogens is 2. The molecule has 0 aliphatic rings. The molecule has 0 saturated heterocycles. The summed E-state index contributed by atoms with van der Waals surface area (Å²) in [6.07, 6.45) is 0. The molecule has 0 fully saturated rings. The van der Waals surface area contributed by atoms with Crippen molar-refractivity contribution in [3.63, 3.8) is 0 Å². The Labute approximate surface area is 139 Å². The Bertz CT molecular complexity index is 827. The molecule has 0 bridgehead atoms. The summed E-state index contributed by atoms with van der Waals surface area (Å²) in [5.41, 5.74) is 2.74. The molecule has 0 unspecified atom stereocenters. The van der Waals surface area contributed by atoms with Crippen LogP contribution in [0.25, 0.3) is 22.3 Å². The van der Waals surface area contributed by atoms with E-state index in [1.165, 1.54) is 5.56 Å². The van der Waals surface area contributed by atoms with E-state index >= 15 is 0 Å². The van der Waals surface area contributed by atoms with Gasteiger partial charge in [0.2, 0.25) is 0 Å². The van der Waals surface area contributed by atoms with Gasteiger partial charge in [0, 0.05) is 5.02 Å². The number of hydrogen-bond donors (Lipinski definition) is 0. The molecule has 22 heavy (non-hydrogen) atoms. The van der Waals surface area contributed by atoms with Crippen LogP contribution in [0.1, 0.15) is 12.5 Å². The molecule has 3 aromatic rings. The highest BCUT2D eigenvalue weighted by Crippen LogP contribution is 2.38. The molecule has 4 heteroatoms. The Morgan fingerprint density at radius 1 is 1.05 bits per heavy atom. The second-order valence-electron chi connectivity index (χ2n) is 5.04. The largest absolute Gasteiger partial charge is 0.493 e. The van der Waals surface area contributed by atoms with Gasteiger partial charge in [0.25, 0.3) is 0 Å². The van der Waals surface area contributed by atoms with Crippen molar-refractivity contribution in [2.45, 2.75) is 13.8 Å². The van der Waals surface area contributed by atoms with Crippen LogP contribution in [-0.4, -0.2) is 6.61 Å². The van der Waals surface area contributed by atoms with Gasteiger partial charge >= 0.3 is 11.3 Å². The fourth-order valence-corrected chi connectivity index (χ4v) is 2.85. The van der Waals surface area contributed by atoms with Crippen molar-refractivity contribution in [3.05, 3.63) is 58.1 Å². The molecule has 2 aromatic carbocycles. The van der Waals surface area contributed by atoms with E-state index in [0.29, 0.717) is 33.7 Å². The number of benzene rings is 2. The summed E-state index contributed by atoms with van der Waals surface area (Å²) in [6.45, 7) is 4.54. The molecule has 3 rings (SSSR count). The highest BCUT2D eigenvalue weighted by molar-refractivity contribution is 6.38. The summed E-state index contributed by atoms with van der Waals surface area (Å²) in [6, 6.07) is 13.5. The summed E-state index contributed by atoms with van der Waals surface area (Å²) >= 11 is 12.4. The number of hydrogen-bond acceptors (Lipinski definition) is 1. The average molecular weight is 334 g/mol. The van der Waals surface area contributed by atoms with Gasteiger partial charge in [-0.05, 0) is 38.1 Å². The molecule has 2 nitrogen and oxygen atoms in total. The maximum atomic E-state index is 6.29. The highest BCUT2D eigenvalue weighted by Gasteiger charge is 2.23. The molecular formula is C18H15Cl2O2+. The third kappa shape index (κ3) is 2.90. The summed E-state index contributed by atoms with van der Waals surface area (Å²) in [7, 11) is 0. The SMILES string of the molecule is CCOc1cc(-c2ccc(C)cc2)[o+]c2c(Cl)cc(Cl)cc12. The minimum absolute atomic E-state index is 0.470. The molecule has 0 N–H and O–H groups in total. The minimum atomic E-state index is 0.470. The smallest absolute Gasteiger partial charge is 0.383 e. The second-order valence-corrected chi connectivity index (χ2v) is 5.88. The quantitative estimate of drug-likeness (QED) is 0.517. The van der Waals surface area contributed by atoms with Crippen molar-refractivity contribution < 1.29 is 9.15 Å². The second kappa shape index (κ2) is 6.15. The van der Waals surface area contributed by atoms with Crippen LogP contribution >= 0.6 is 23.2 Å². The zero-order valence-corrected chi connectivity index (χ0v) is 13.8. The van der Waals surface area contributed by atoms with Gasteiger partial charge in [0.1, 0.15) is 16.2 Å². The molecule has 1 aromatic heterocycles. The van der Waals surface area contributed by atoms with Gasteiger partial charge in [0.15, 0.2) is 0 Å². The van der Waals surface area contributed by atoms with Crippen LogP contribution in [0.2, 0.25) is 10.0 Å². The van der Waals surface area contributed by atoms with Crippen molar-refractivity contribution in [2.24, 2.45) is 0 Å². The van der Waals surface area contributed by atoms with Gasteiger partial charge in [-0.2, -0.15) is 0 Å². The standard InChI is InChI=1S/C18H15Cl2O2/c1-3-21-17-10-16(12-6-4-11(2)5-7-12)22-18-14(17)8-13(19)9-15(18)20/h4-10H,3H2,1-2H3/q+1. The molecule has 0 radical (unpaired) electrons. The van der Waals surface area contributed by atoms with E-state index in [-0.39, 0.29) is 0 Å². The molecule has 0 saturated carbocycles. The van der Waals surface area contributed by atoms with Crippen LogP contribution in [0.4, 0.5) is 0 Å². The highest BCUT2D eigenvalue weighted by atomic mass is 35.5. The molecule has 0 amide bonds. The zero-order chi connectivity index (χ0) is 15.7. The first-order valence-electron chi connectivity index (χ1n) is 7.04. The first kappa shape index (κ1) is 15.1. The van der Waals surface area contributed by atoms with Crippen LogP contribution in [0, 0.1) is 6.92 Å². The summed E-state index contributed by atoms with van der Waals surface area (Å²) in [4.78, 5) is 0.